The fourth-order valence-electron chi connectivity index (χ4n) is 3.28. The Hall–Kier alpha value is -0.570. The van der Waals surface area contributed by atoms with Crippen LogP contribution in [-0.4, -0.2) is 34.6 Å². The molecule has 0 spiro atoms. The Kier molecular flexibility index (Phi) is 5.04. The highest BCUT2D eigenvalue weighted by atomic mass is 16.3. The zero-order valence-corrected chi connectivity index (χ0v) is 11.5. The first-order chi connectivity index (χ1) is 8.70. The van der Waals surface area contributed by atoms with Gasteiger partial charge in [-0.2, -0.15) is 0 Å². The minimum atomic E-state index is -0.697. The summed E-state index contributed by atoms with van der Waals surface area (Å²) in [4.78, 5) is 14.3. The lowest BCUT2D eigenvalue weighted by atomic mass is 9.82. The van der Waals surface area contributed by atoms with Gasteiger partial charge in [-0.05, 0) is 25.7 Å². The van der Waals surface area contributed by atoms with Crippen molar-refractivity contribution < 1.29 is 9.90 Å². The van der Waals surface area contributed by atoms with Gasteiger partial charge in [0, 0.05) is 13.1 Å². The van der Waals surface area contributed by atoms with E-state index in [1.807, 2.05) is 4.90 Å². The van der Waals surface area contributed by atoms with Crippen LogP contribution in [0.1, 0.15) is 70.6 Å². The quantitative estimate of drug-likeness (QED) is 0.822. The second-order valence-corrected chi connectivity index (χ2v) is 6.11. The number of hydrogen-bond acceptors (Lipinski definition) is 2. The van der Waals surface area contributed by atoms with Crippen LogP contribution in [0.3, 0.4) is 0 Å². The molecule has 0 aromatic heterocycles. The van der Waals surface area contributed by atoms with Crippen molar-refractivity contribution in [3.05, 3.63) is 0 Å². The Morgan fingerprint density at radius 3 is 2.00 bits per heavy atom. The molecule has 1 saturated carbocycles. The third-order valence-electron chi connectivity index (χ3n) is 4.47. The average Bonchev–Trinajstić information content (AvgIpc) is 2.28. The zero-order valence-electron chi connectivity index (χ0n) is 11.5. The number of likely N-dealkylation sites (tertiary alicyclic amines) is 1. The van der Waals surface area contributed by atoms with Crippen molar-refractivity contribution in [3.63, 3.8) is 0 Å². The van der Waals surface area contributed by atoms with E-state index in [1.165, 1.54) is 25.7 Å². The summed E-state index contributed by atoms with van der Waals surface area (Å²) < 4.78 is 0. The number of nitrogens with zero attached hydrogens (tertiary/aromatic N) is 1. The van der Waals surface area contributed by atoms with Gasteiger partial charge in [-0.15, -0.1) is 0 Å². The van der Waals surface area contributed by atoms with Crippen LogP contribution in [0.15, 0.2) is 0 Å². The molecule has 1 amide bonds. The molecule has 1 saturated heterocycles. The van der Waals surface area contributed by atoms with Gasteiger partial charge in [-0.3, -0.25) is 4.79 Å². The first kappa shape index (κ1) is 13.9. The predicted molar refractivity (Wildman–Crippen MR) is 72.3 cm³/mol. The highest BCUT2D eigenvalue weighted by Crippen LogP contribution is 2.31. The summed E-state index contributed by atoms with van der Waals surface area (Å²) in [5.41, 5.74) is -0.697. The number of hydrogen-bond donors (Lipinski definition) is 1. The molecule has 0 radical (unpaired) electrons. The molecule has 0 bridgehead atoms. The number of rotatable bonds is 2. The molecule has 1 N–H and O–H groups in total. The standard InChI is InChI=1S/C15H27NO2/c17-14(13-15(18)9-5-4-6-10-15)16-11-7-2-1-3-8-12-16/h18H,1-13H2. The lowest BCUT2D eigenvalue weighted by Gasteiger charge is -2.34. The molecule has 0 atom stereocenters. The van der Waals surface area contributed by atoms with Gasteiger partial charge in [-0.25, -0.2) is 0 Å². The highest BCUT2D eigenvalue weighted by molar-refractivity contribution is 5.77. The molecule has 2 aliphatic rings. The van der Waals surface area contributed by atoms with Crippen LogP contribution in [0.2, 0.25) is 0 Å². The Morgan fingerprint density at radius 1 is 0.889 bits per heavy atom. The minimum absolute atomic E-state index is 0.182. The van der Waals surface area contributed by atoms with E-state index in [-0.39, 0.29) is 5.91 Å². The molecule has 1 heterocycles. The summed E-state index contributed by atoms with van der Waals surface area (Å²) in [7, 11) is 0. The maximum absolute atomic E-state index is 12.3. The lowest BCUT2D eigenvalue weighted by molar-refractivity contribution is -0.138. The largest absolute Gasteiger partial charge is 0.389 e. The number of aliphatic hydroxyl groups is 1. The highest BCUT2D eigenvalue weighted by Gasteiger charge is 2.33. The van der Waals surface area contributed by atoms with Gasteiger partial charge in [0.1, 0.15) is 0 Å². The van der Waals surface area contributed by atoms with E-state index in [0.29, 0.717) is 6.42 Å². The van der Waals surface area contributed by atoms with Crippen LogP contribution in [-0.2, 0) is 4.79 Å². The number of carbonyl (C=O) groups excluding carboxylic acids is 1. The van der Waals surface area contributed by atoms with Crippen molar-refractivity contribution >= 4 is 5.91 Å². The second-order valence-electron chi connectivity index (χ2n) is 6.11. The second kappa shape index (κ2) is 6.55. The molecule has 2 fully saturated rings. The molecule has 1 aliphatic heterocycles. The van der Waals surface area contributed by atoms with Crippen LogP contribution in [0.25, 0.3) is 0 Å². The third kappa shape index (κ3) is 3.98. The van der Waals surface area contributed by atoms with Gasteiger partial charge >= 0.3 is 0 Å². The smallest absolute Gasteiger partial charge is 0.225 e. The Morgan fingerprint density at radius 2 is 1.39 bits per heavy atom. The Labute approximate surface area is 111 Å². The van der Waals surface area contributed by atoms with Crippen LogP contribution in [0.4, 0.5) is 0 Å². The minimum Gasteiger partial charge on any atom is -0.389 e. The molecular formula is C15H27NO2. The average molecular weight is 253 g/mol. The Bertz CT molecular complexity index is 264. The normalized spacial score (nSPS) is 25.3. The van der Waals surface area contributed by atoms with Crippen molar-refractivity contribution in [1.82, 2.24) is 4.90 Å². The Balaban J connectivity index is 1.85. The third-order valence-corrected chi connectivity index (χ3v) is 4.47. The van der Waals surface area contributed by atoms with Crippen molar-refractivity contribution in [2.75, 3.05) is 13.1 Å². The predicted octanol–water partition coefficient (Wildman–Crippen LogP) is 2.86. The van der Waals surface area contributed by atoms with E-state index in [9.17, 15) is 9.90 Å². The molecule has 104 valence electrons. The van der Waals surface area contributed by atoms with Crippen molar-refractivity contribution in [1.29, 1.82) is 0 Å². The molecule has 0 aromatic rings. The van der Waals surface area contributed by atoms with E-state index < -0.39 is 5.60 Å². The topological polar surface area (TPSA) is 40.5 Å². The lowest BCUT2D eigenvalue weighted by Crippen LogP contribution is -2.41. The van der Waals surface area contributed by atoms with Gasteiger partial charge in [0.2, 0.25) is 5.91 Å². The van der Waals surface area contributed by atoms with E-state index in [0.717, 1.165) is 51.6 Å². The summed E-state index contributed by atoms with van der Waals surface area (Å²) in [5.74, 6) is 0.182. The van der Waals surface area contributed by atoms with Gasteiger partial charge < -0.3 is 10.0 Å². The summed E-state index contributed by atoms with van der Waals surface area (Å²) in [6.45, 7) is 1.80. The fraction of sp³-hybridized carbons (Fsp3) is 0.933. The van der Waals surface area contributed by atoms with Gasteiger partial charge in [0.05, 0.1) is 12.0 Å². The number of carbonyl (C=O) groups is 1. The molecule has 0 unspecified atom stereocenters. The van der Waals surface area contributed by atoms with Gasteiger partial charge in [-0.1, -0.05) is 38.5 Å². The SMILES string of the molecule is O=C(CC1(O)CCCCC1)N1CCCCCCC1. The van der Waals surface area contributed by atoms with Crippen molar-refractivity contribution in [2.45, 2.75) is 76.2 Å². The maximum Gasteiger partial charge on any atom is 0.225 e. The van der Waals surface area contributed by atoms with Crippen LogP contribution < -0.4 is 0 Å². The fourth-order valence-corrected chi connectivity index (χ4v) is 3.28. The summed E-state index contributed by atoms with van der Waals surface area (Å²) in [6.07, 6.45) is 11.4. The van der Waals surface area contributed by atoms with Crippen molar-refractivity contribution in [2.24, 2.45) is 0 Å². The van der Waals surface area contributed by atoms with E-state index in [4.69, 9.17) is 0 Å². The first-order valence-corrected chi connectivity index (χ1v) is 7.70. The van der Waals surface area contributed by atoms with E-state index in [2.05, 4.69) is 0 Å². The molecule has 1 aliphatic carbocycles. The molecule has 18 heavy (non-hydrogen) atoms. The van der Waals surface area contributed by atoms with E-state index >= 15 is 0 Å². The van der Waals surface area contributed by atoms with E-state index in [1.54, 1.807) is 0 Å². The maximum atomic E-state index is 12.3. The van der Waals surface area contributed by atoms with Crippen LogP contribution >= 0.6 is 0 Å². The van der Waals surface area contributed by atoms with Gasteiger partial charge in [0.15, 0.2) is 0 Å². The van der Waals surface area contributed by atoms with Crippen molar-refractivity contribution in [3.8, 4) is 0 Å². The molecule has 0 aromatic carbocycles. The molecule has 3 heteroatoms. The van der Waals surface area contributed by atoms with Gasteiger partial charge in [0.25, 0.3) is 0 Å². The zero-order chi connectivity index (χ0) is 12.8. The van der Waals surface area contributed by atoms with Crippen LogP contribution in [0.5, 0.6) is 0 Å². The summed E-state index contributed by atoms with van der Waals surface area (Å²) >= 11 is 0. The van der Waals surface area contributed by atoms with Crippen LogP contribution in [0, 0.1) is 0 Å². The molecule has 2 rings (SSSR count). The monoisotopic (exact) mass is 253 g/mol. The summed E-state index contributed by atoms with van der Waals surface area (Å²) in [5, 5.41) is 10.5. The summed E-state index contributed by atoms with van der Waals surface area (Å²) in [6, 6.07) is 0. The first-order valence-electron chi connectivity index (χ1n) is 7.70. The molecular weight excluding hydrogens is 226 g/mol. The number of amides is 1. The molecule has 3 nitrogen and oxygen atoms in total.